The maximum Gasteiger partial charge on any atom is 0.327 e. The summed E-state index contributed by atoms with van der Waals surface area (Å²) in [7, 11) is 0. The van der Waals surface area contributed by atoms with Gasteiger partial charge in [0.05, 0.1) is 13.2 Å². The molecule has 10 heteroatoms. The van der Waals surface area contributed by atoms with Crippen molar-refractivity contribution in [2.45, 2.75) is 12.2 Å². The third-order valence-electron chi connectivity index (χ3n) is 1.34. The molecule has 0 amide bonds. The molecule has 7 N–H and O–H groups in total. The average molecular weight is 338 g/mol. The van der Waals surface area contributed by atoms with Crippen LogP contribution in [0.1, 0.15) is 0 Å². The van der Waals surface area contributed by atoms with Gasteiger partial charge in [0, 0.05) is 18.2 Å². The van der Waals surface area contributed by atoms with E-state index in [1.807, 2.05) is 0 Å². The quantitative estimate of drug-likeness (QED) is 0.279. The summed E-state index contributed by atoms with van der Waals surface area (Å²) < 4.78 is 0. The lowest BCUT2D eigenvalue weighted by Gasteiger charge is -2.10. The van der Waals surface area contributed by atoms with Crippen LogP contribution in [0.15, 0.2) is 38.0 Å². The van der Waals surface area contributed by atoms with Crippen molar-refractivity contribution in [2.24, 2.45) is 0 Å². The number of aliphatic hydroxyl groups excluding tert-OH is 4. The monoisotopic (exact) mass is 338 g/mol. The Bertz CT molecular complexity index is 313. The Morgan fingerprint density at radius 2 is 0.826 bits per heavy atom. The van der Waals surface area contributed by atoms with Crippen LogP contribution in [0.5, 0.6) is 0 Å². The predicted octanol–water partition coefficient (Wildman–Crippen LogP) is -1.54. The van der Waals surface area contributed by atoms with Crippen LogP contribution in [0, 0.1) is 0 Å². The summed E-state index contributed by atoms with van der Waals surface area (Å²) in [6.45, 7) is 7.83. The molecule has 10 nitrogen and oxygen atoms in total. The summed E-state index contributed by atoms with van der Waals surface area (Å²) in [5.41, 5.74) is 0. The summed E-state index contributed by atoms with van der Waals surface area (Å²) in [5.74, 6) is -2.94. The van der Waals surface area contributed by atoms with Crippen molar-refractivity contribution in [2.75, 3.05) is 13.2 Å². The molecule has 23 heavy (non-hydrogen) atoms. The number of hydrogen-bond acceptors (Lipinski definition) is 7. The summed E-state index contributed by atoms with van der Waals surface area (Å²) in [4.78, 5) is 27.8. The van der Waals surface area contributed by atoms with E-state index >= 15 is 0 Å². The SMILES string of the molecule is C=CC(=O)O.C=CC(=O)O.C=CC(=O)O.OC[C@@H](O)[C@@H](O)CO. The highest BCUT2D eigenvalue weighted by atomic mass is 16.4. The van der Waals surface area contributed by atoms with Gasteiger partial charge in [0.2, 0.25) is 0 Å². The Balaban J connectivity index is -0.000000108. The van der Waals surface area contributed by atoms with Crippen molar-refractivity contribution < 1.29 is 50.1 Å². The molecule has 0 aliphatic rings. The second-order valence-corrected chi connectivity index (χ2v) is 3.13. The van der Waals surface area contributed by atoms with E-state index in [1.165, 1.54) is 0 Å². The van der Waals surface area contributed by atoms with E-state index in [0.29, 0.717) is 0 Å². The van der Waals surface area contributed by atoms with Gasteiger partial charge < -0.3 is 35.7 Å². The maximum atomic E-state index is 9.25. The van der Waals surface area contributed by atoms with Crippen LogP contribution in [0.4, 0.5) is 0 Å². The Morgan fingerprint density at radius 3 is 0.870 bits per heavy atom. The molecule has 0 saturated heterocycles. The second kappa shape index (κ2) is 21.8. The molecule has 0 aromatic rings. The molecule has 0 aliphatic carbocycles. The van der Waals surface area contributed by atoms with Crippen LogP contribution in [-0.4, -0.2) is 79.1 Å². The highest BCUT2D eigenvalue weighted by Crippen LogP contribution is 1.88. The zero-order valence-corrected chi connectivity index (χ0v) is 12.3. The first-order valence-electron chi connectivity index (χ1n) is 5.67. The number of rotatable bonds is 6. The Labute approximate surface area is 132 Å². The van der Waals surface area contributed by atoms with Crippen molar-refractivity contribution in [3.63, 3.8) is 0 Å². The molecule has 0 fully saturated rings. The lowest BCUT2D eigenvalue weighted by molar-refractivity contribution is -0.132. The number of aliphatic carboxylic acids is 3. The fraction of sp³-hybridized carbons (Fsp3) is 0.308. The molecular formula is C13H22O10. The van der Waals surface area contributed by atoms with Gasteiger partial charge in [-0.1, -0.05) is 19.7 Å². The molecule has 0 spiro atoms. The van der Waals surface area contributed by atoms with Crippen LogP contribution in [0.2, 0.25) is 0 Å². The standard InChI is InChI=1S/C4H10O4.3C3H4O2/c5-1-3(7)4(8)2-6;3*1-2-3(4)5/h3-8H,1-2H2;3*2H,1H2,(H,4,5)/t3-,4+;;;. The molecule has 0 rings (SSSR count). The minimum Gasteiger partial charge on any atom is -0.478 e. The van der Waals surface area contributed by atoms with Crippen LogP contribution >= 0.6 is 0 Å². The topological polar surface area (TPSA) is 193 Å². The fourth-order valence-corrected chi connectivity index (χ4v) is 0.243. The molecular weight excluding hydrogens is 316 g/mol. The molecule has 2 atom stereocenters. The molecule has 0 heterocycles. The predicted molar refractivity (Wildman–Crippen MR) is 79.7 cm³/mol. The number of carboxylic acids is 3. The van der Waals surface area contributed by atoms with Gasteiger partial charge >= 0.3 is 17.9 Å². The van der Waals surface area contributed by atoms with E-state index in [9.17, 15) is 14.4 Å². The van der Waals surface area contributed by atoms with Crippen molar-refractivity contribution in [1.82, 2.24) is 0 Å². The smallest absolute Gasteiger partial charge is 0.327 e. The molecule has 0 aromatic carbocycles. The van der Waals surface area contributed by atoms with E-state index < -0.39 is 43.3 Å². The summed E-state index contributed by atoms with van der Waals surface area (Å²) in [5, 5.41) is 56.0. The van der Waals surface area contributed by atoms with Gasteiger partial charge in [-0.05, 0) is 0 Å². The van der Waals surface area contributed by atoms with Gasteiger partial charge in [0.25, 0.3) is 0 Å². The van der Waals surface area contributed by atoms with E-state index in [2.05, 4.69) is 19.7 Å². The highest BCUT2D eigenvalue weighted by Gasteiger charge is 2.12. The molecule has 134 valence electrons. The van der Waals surface area contributed by atoms with Gasteiger partial charge in [-0.3, -0.25) is 0 Å². The average Bonchev–Trinajstić information content (AvgIpc) is 2.54. The Hall–Kier alpha value is -2.53. The number of hydrogen-bond donors (Lipinski definition) is 7. The lowest BCUT2D eigenvalue weighted by Crippen LogP contribution is -2.31. The van der Waals surface area contributed by atoms with Gasteiger partial charge in [-0.25, -0.2) is 14.4 Å². The highest BCUT2D eigenvalue weighted by molar-refractivity contribution is 5.79. The first kappa shape index (κ1) is 28.6. The largest absolute Gasteiger partial charge is 0.478 e. The van der Waals surface area contributed by atoms with Crippen LogP contribution in [0.3, 0.4) is 0 Å². The molecule has 0 unspecified atom stereocenters. The second-order valence-electron chi connectivity index (χ2n) is 3.13. The lowest BCUT2D eigenvalue weighted by atomic mass is 10.2. The minimum atomic E-state index is -1.22. The van der Waals surface area contributed by atoms with Gasteiger partial charge in [-0.2, -0.15) is 0 Å². The number of carboxylic acid groups (broad SMARTS) is 3. The van der Waals surface area contributed by atoms with E-state index in [1.54, 1.807) is 0 Å². The first-order chi connectivity index (χ1) is 10.5. The molecule has 0 radical (unpaired) electrons. The normalized spacial score (nSPS) is 10.4. The van der Waals surface area contributed by atoms with Gasteiger partial charge in [0.15, 0.2) is 0 Å². The summed E-state index contributed by atoms with van der Waals surface area (Å²) in [6.07, 6.45) is 0.0556. The van der Waals surface area contributed by atoms with Gasteiger partial charge in [-0.15, -0.1) is 0 Å². The Morgan fingerprint density at radius 1 is 0.696 bits per heavy atom. The third-order valence-corrected chi connectivity index (χ3v) is 1.34. The van der Waals surface area contributed by atoms with E-state index in [-0.39, 0.29) is 0 Å². The zero-order chi connectivity index (χ0) is 19.4. The van der Waals surface area contributed by atoms with Gasteiger partial charge in [0.1, 0.15) is 12.2 Å². The molecule has 0 bridgehead atoms. The minimum absolute atomic E-state index is 0.526. The van der Waals surface area contributed by atoms with Crippen molar-refractivity contribution in [3.8, 4) is 0 Å². The van der Waals surface area contributed by atoms with Crippen molar-refractivity contribution in [3.05, 3.63) is 38.0 Å². The maximum absolute atomic E-state index is 9.25. The van der Waals surface area contributed by atoms with Crippen LogP contribution in [-0.2, 0) is 14.4 Å². The molecule has 0 saturated carbocycles. The number of carbonyl (C=O) groups is 3. The fourth-order valence-electron chi connectivity index (χ4n) is 0.243. The summed E-state index contributed by atoms with van der Waals surface area (Å²) >= 11 is 0. The van der Waals surface area contributed by atoms with E-state index in [0.717, 1.165) is 18.2 Å². The Kier molecular flexibility index (Phi) is 27.1. The summed E-state index contributed by atoms with van der Waals surface area (Å²) in [6, 6.07) is 0. The molecule has 0 aromatic heterocycles. The van der Waals surface area contributed by atoms with Crippen molar-refractivity contribution in [1.29, 1.82) is 0 Å². The number of aliphatic hydroxyl groups is 4. The first-order valence-corrected chi connectivity index (χ1v) is 5.67. The van der Waals surface area contributed by atoms with Crippen molar-refractivity contribution >= 4 is 17.9 Å². The zero-order valence-electron chi connectivity index (χ0n) is 12.3. The third kappa shape index (κ3) is 45.2. The van der Waals surface area contributed by atoms with E-state index in [4.69, 9.17) is 35.7 Å². The van der Waals surface area contributed by atoms with Crippen LogP contribution < -0.4 is 0 Å². The van der Waals surface area contributed by atoms with Crippen LogP contribution in [0.25, 0.3) is 0 Å². The molecule has 0 aliphatic heterocycles.